The lowest BCUT2D eigenvalue weighted by molar-refractivity contribution is -0.384. The van der Waals surface area contributed by atoms with E-state index in [4.69, 9.17) is 9.84 Å². The third-order valence-corrected chi connectivity index (χ3v) is 2.39. The molecule has 0 radical (unpaired) electrons. The van der Waals surface area contributed by atoms with Gasteiger partial charge in [-0.25, -0.2) is 4.98 Å². The van der Waals surface area contributed by atoms with Gasteiger partial charge in [0.1, 0.15) is 17.6 Å². The highest BCUT2D eigenvalue weighted by Gasteiger charge is 2.34. The fourth-order valence-electron chi connectivity index (χ4n) is 1.45. The molecule has 0 amide bonds. The number of nitro groups is 1. The highest BCUT2D eigenvalue weighted by molar-refractivity contribution is 5.61. The number of halogens is 3. The Morgan fingerprint density at radius 3 is 2.71 bits per heavy atom. The summed E-state index contributed by atoms with van der Waals surface area (Å²) in [5, 5.41) is 21.8. The first kappa shape index (κ1) is 17.1. The maximum absolute atomic E-state index is 12.5. The number of rotatable bonds is 8. The van der Waals surface area contributed by atoms with E-state index in [2.05, 4.69) is 10.3 Å². The van der Waals surface area contributed by atoms with Crippen LogP contribution < -0.4 is 5.32 Å². The van der Waals surface area contributed by atoms with E-state index in [0.717, 1.165) is 0 Å². The minimum Gasteiger partial charge on any atom is -0.394 e. The Labute approximate surface area is 117 Å². The number of aliphatic hydroxyl groups excluding tert-OH is 1. The molecule has 7 nitrogen and oxygen atoms in total. The minimum atomic E-state index is -4.67. The second-order valence-corrected chi connectivity index (χ2v) is 3.96. The number of hydrogen-bond donors (Lipinski definition) is 2. The fourth-order valence-corrected chi connectivity index (χ4v) is 1.45. The summed E-state index contributed by atoms with van der Waals surface area (Å²) in [5.41, 5.74) is -1.98. The highest BCUT2D eigenvalue weighted by Crippen LogP contribution is 2.32. The van der Waals surface area contributed by atoms with Gasteiger partial charge in [-0.15, -0.1) is 0 Å². The van der Waals surface area contributed by atoms with Crippen molar-refractivity contribution in [1.82, 2.24) is 4.98 Å². The van der Waals surface area contributed by atoms with Gasteiger partial charge in [-0.3, -0.25) is 10.1 Å². The molecule has 2 N–H and O–H groups in total. The first-order chi connectivity index (χ1) is 9.86. The van der Waals surface area contributed by atoms with Crippen LogP contribution in [-0.2, 0) is 10.9 Å². The van der Waals surface area contributed by atoms with Crippen molar-refractivity contribution in [3.63, 3.8) is 0 Å². The lowest BCUT2D eigenvalue weighted by atomic mass is 10.2. The molecule has 1 aromatic rings. The average molecular weight is 309 g/mol. The van der Waals surface area contributed by atoms with Gasteiger partial charge in [0.25, 0.3) is 0 Å². The molecule has 1 heterocycles. The lowest BCUT2D eigenvalue weighted by Gasteiger charge is -2.10. The van der Waals surface area contributed by atoms with E-state index in [1.807, 2.05) is 0 Å². The molecule has 0 saturated carbocycles. The van der Waals surface area contributed by atoms with Gasteiger partial charge in [0, 0.05) is 13.2 Å². The van der Waals surface area contributed by atoms with Crippen molar-refractivity contribution >= 4 is 11.4 Å². The molecule has 21 heavy (non-hydrogen) atoms. The molecule has 0 atom stereocenters. The summed E-state index contributed by atoms with van der Waals surface area (Å²) in [6.07, 6.45) is -3.68. The number of pyridine rings is 1. The Bertz CT molecular complexity index is 482. The van der Waals surface area contributed by atoms with Crippen LogP contribution >= 0.6 is 0 Å². The van der Waals surface area contributed by atoms with Crippen molar-refractivity contribution in [2.45, 2.75) is 12.6 Å². The van der Waals surface area contributed by atoms with Crippen molar-refractivity contribution in [3.05, 3.63) is 28.1 Å². The van der Waals surface area contributed by atoms with E-state index < -0.39 is 22.5 Å². The Morgan fingerprint density at radius 1 is 1.43 bits per heavy atom. The number of nitrogens with one attached hydrogen (secondary N) is 1. The van der Waals surface area contributed by atoms with E-state index >= 15 is 0 Å². The first-order valence-corrected chi connectivity index (χ1v) is 6.00. The van der Waals surface area contributed by atoms with Crippen LogP contribution in [0.15, 0.2) is 12.3 Å². The molecule has 1 rings (SSSR count). The van der Waals surface area contributed by atoms with Gasteiger partial charge in [0.05, 0.1) is 18.1 Å². The second-order valence-electron chi connectivity index (χ2n) is 3.96. The highest BCUT2D eigenvalue weighted by atomic mass is 19.4. The normalized spacial score (nSPS) is 11.4. The van der Waals surface area contributed by atoms with Crippen LogP contribution in [0.2, 0.25) is 0 Å². The van der Waals surface area contributed by atoms with E-state index in [1.54, 1.807) is 0 Å². The van der Waals surface area contributed by atoms with Crippen molar-refractivity contribution in [2.75, 3.05) is 31.7 Å². The Balaban J connectivity index is 2.71. The molecule has 0 aliphatic rings. The van der Waals surface area contributed by atoms with E-state index in [9.17, 15) is 23.3 Å². The number of hydrogen-bond acceptors (Lipinski definition) is 6. The second kappa shape index (κ2) is 7.74. The lowest BCUT2D eigenvalue weighted by Crippen LogP contribution is -2.12. The third kappa shape index (κ3) is 5.52. The Kier molecular flexibility index (Phi) is 6.31. The smallest absolute Gasteiger partial charge is 0.394 e. The Morgan fingerprint density at radius 2 is 2.14 bits per heavy atom. The van der Waals surface area contributed by atoms with Crippen molar-refractivity contribution in [3.8, 4) is 0 Å². The number of alkyl halides is 3. The monoisotopic (exact) mass is 309 g/mol. The average Bonchev–Trinajstić information content (AvgIpc) is 2.41. The van der Waals surface area contributed by atoms with Crippen LogP contribution in [0.25, 0.3) is 0 Å². The summed E-state index contributed by atoms with van der Waals surface area (Å²) >= 11 is 0. The van der Waals surface area contributed by atoms with Gasteiger partial charge < -0.3 is 15.2 Å². The van der Waals surface area contributed by atoms with Crippen LogP contribution in [0.1, 0.15) is 12.1 Å². The molecule has 0 aliphatic carbocycles. The van der Waals surface area contributed by atoms with Gasteiger partial charge in [0.2, 0.25) is 0 Å². The molecule has 0 unspecified atom stereocenters. The quantitative estimate of drug-likeness (QED) is 0.432. The number of aliphatic hydroxyl groups is 1. The van der Waals surface area contributed by atoms with Gasteiger partial charge in [-0.2, -0.15) is 13.2 Å². The van der Waals surface area contributed by atoms with Crippen LogP contribution in [0.4, 0.5) is 24.5 Å². The molecule has 0 fully saturated rings. The molecule has 10 heteroatoms. The predicted molar refractivity (Wildman–Crippen MR) is 66.9 cm³/mol. The Hall–Kier alpha value is -1.94. The maximum Gasteiger partial charge on any atom is 0.433 e. The summed E-state index contributed by atoms with van der Waals surface area (Å²) in [6, 6.07) is 0.604. The zero-order valence-corrected chi connectivity index (χ0v) is 10.9. The van der Waals surface area contributed by atoms with Crippen LogP contribution in [0, 0.1) is 10.1 Å². The van der Waals surface area contributed by atoms with Gasteiger partial charge in [-0.1, -0.05) is 0 Å². The molecule has 0 bridgehead atoms. The predicted octanol–water partition coefficient (Wildman–Crippen LogP) is 1.82. The van der Waals surface area contributed by atoms with Gasteiger partial charge >= 0.3 is 11.9 Å². The summed E-state index contributed by atoms with van der Waals surface area (Å²) < 4.78 is 42.5. The molecule has 0 spiro atoms. The van der Waals surface area contributed by atoms with Crippen LogP contribution in [-0.4, -0.2) is 41.4 Å². The molecule has 0 aromatic carbocycles. The van der Waals surface area contributed by atoms with E-state index in [0.29, 0.717) is 18.7 Å². The largest absolute Gasteiger partial charge is 0.433 e. The van der Waals surface area contributed by atoms with E-state index in [1.165, 1.54) is 0 Å². The third-order valence-electron chi connectivity index (χ3n) is 2.39. The molecule has 1 aromatic heterocycles. The first-order valence-electron chi connectivity index (χ1n) is 6.00. The molecule has 0 saturated heterocycles. The SMILES string of the molecule is O=[N+]([O-])c1cnc(C(F)(F)F)cc1NCCCOCCO. The zero-order chi connectivity index (χ0) is 15.9. The van der Waals surface area contributed by atoms with Gasteiger partial charge in [-0.05, 0) is 12.5 Å². The minimum absolute atomic E-state index is 0.127. The van der Waals surface area contributed by atoms with Crippen molar-refractivity contribution in [2.24, 2.45) is 0 Å². The number of aromatic nitrogens is 1. The zero-order valence-electron chi connectivity index (χ0n) is 10.9. The summed E-state index contributed by atoms with van der Waals surface area (Å²) in [6.45, 7) is 0.498. The summed E-state index contributed by atoms with van der Waals surface area (Å²) in [7, 11) is 0. The number of anilines is 1. The molecule has 118 valence electrons. The standard InChI is InChI=1S/C11H14F3N3O4/c12-11(13,14)10-6-8(9(7-16-10)17(19)20)15-2-1-4-21-5-3-18/h6-7,18H,1-5H2,(H,15,16). The van der Waals surface area contributed by atoms with Crippen molar-refractivity contribution in [1.29, 1.82) is 0 Å². The number of ether oxygens (including phenoxy) is 1. The van der Waals surface area contributed by atoms with E-state index in [-0.39, 0.29) is 32.1 Å². The summed E-state index contributed by atoms with van der Waals surface area (Å²) in [4.78, 5) is 13.0. The van der Waals surface area contributed by atoms with Crippen LogP contribution in [0.5, 0.6) is 0 Å². The molecular weight excluding hydrogens is 295 g/mol. The molecular formula is C11H14F3N3O4. The number of nitrogens with zero attached hydrogens (tertiary/aromatic N) is 2. The van der Waals surface area contributed by atoms with Crippen molar-refractivity contribution < 1.29 is 27.9 Å². The van der Waals surface area contributed by atoms with Gasteiger partial charge in [0.15, 0.2) is 0 Å². The topological polar surface area (TPSA) is 97.5 Å². The molecule has 0 aliphatic heterocycles. The van der Waals surface area contributed by atoms with Crippen LogP contribution in [0.3, 0.4) is 0 Å². The summed E-state index contributed by atoms with van der Waals surface area (Å²) in [5.74, 6) is 0. The maximum atomic E-state index is 12.5. The fraction of sp³-hybridized carbons (Fsp3) is 0.545.